The molecule has 2 N–H and O–H groups in total. The predicted molar refractivity (Wildman–Crippen MR) is 70.9 cm³/mol. The third-order valence-corrected chi connectivity index (χ3v) is 2.75. The number of carbonyl (C=O) groups excluding carboxylic acids is 2. The fourth-order valence-electron chi connectivity index (χ4n) is 1.60. The number of benzene rings is 1. The molecular formula is C14H18N2O3. The molecule has 0 bridgehead atoms. The Morgan fingerprint density at radius 1 is 1.21 bits per heavy atom. The molecule has 5 nitrogen and oxygen atoms in total. The molecule has 1 aliphatic rings. The van der Waals surface area contributed by atoms with Gasteiger partial charge in [-0.25, -0.2) is 4.79 Å². The van der Waals surface area contributed by atoms with Crippen molar-refractivity contribution < 1.29 is 14.3 Å². The fourth-order valence-corrected chi connectivity index (χ4v) is 1.60. The smallest absolute Gasteiger partial charge is 0.410 e. The average Bonchev–Trinajstić information content (AvgIpc) is 3.20. The molecule has 0 aliphatic heterocycles. The van der Waals surface area contributed by atoms with E-state index in [-0.39, 0.29) is 5.91 Å². The van der Waals surface area contributed by atoms with Crippen molar-refractivity contribution in [3.63, 3.8) is 0 Å². The summed E-state index contributed by atoms with van der Waals surface area (Å²) in [6.07, 6.45) is 2.74. The van der Waals surface area contributed by atoms with E-state index < -0.39 is 6.09 Å². The Morgan fingerprint density at radius 2 is 1.95 bits per heavy atom. The number of rotatable bonds is 6. The lowest BCUT2D eigenvalue weighted by Gasteiger charge is -2.06. The molecule has 102 valence electrons. The second-order valence-electron chi connectivity index (χ2n) is 4.57. The lowest BCUT2D eigenvalue weighted by Crippen LogP contribution is -2.30. The maximum Gasteiger partial charge on any atom is 0.412 e. The molecule has 1 saturated carbocycles. The van der Waals surface area contributed by atoms with Gasteiger partial charge in [0.25, 0.3) is 0 Å². The highest BCUT2D eigenvalue weighted by atomic mass is 16.5. The first-order valence-electron chi connectivity index (χ1n) is 6.54. The molecule has 2 rings (SSSR count). The van der Waals surface area contributed by atoms with Crippen LogP contribution in [0.3, 0.4) is 0 Å². The molecule has 1 fully saturated rings. The summed E-state index contributed by atoms with van der Waals surface area (Å²) in [5.74, 6) is 0.562. The molecule has 0 spiro atoms. The molecular weight excluding hydrogens is 244 g/mol. The van der Waals surface area contributed by atoms with Crippen LogP contribution in [-0.4, -0.2) is 24.6 Å². The van der Waals surface area contributed by atoms with E-state index in [0.717, 1.165) is 12.8 Å². The molecule has 1 aromatic rings. The highest BCUT2D eigenvalue weighted by molar-refractivity contribution is 5.76. The van der Waals surface area contributed by atoms with Crippen molar-refractivity contribution in [3.05, 3.63) is 30.3 Å². The number of nitrogens with one attached hydrogen (secondary N) is 2. The molecule has 19 heavy (non-hydrogen) atoms. The Bertz CT molecular complexity index is 430. The van der Waals surface area contributed by atoms with Crippen LogP contribution in [0.4, 0.5) is 4.79 Å². The van der Waals surface area contributed by atoms with E-state index in [1.807, 2.05) is 6.07 Å². The van der Waals surface area contributed by atoms with Crippen molar-refractivity contribution in [2.45, 2.75) is 31.7 Å². The van der Waals surface area contributed by atoms with E-state index in [0.29, 0.717) is 31.2 Å². The topological polar surface area (TPSA) is 67.4 Å². The standard InChI is InChI=1S/C14H18N2O3/c17-13(16-11-8-9-11)7-4-10-15-14(18)19-12-5-2-1-3-6-12/h1-3,5-6,11H,4,7-10H2,(H,15,18)(H,16,17). The van der Waals surface area contributed by atoms with E-state index in [1.165, 1.54) is 0 Å². The van der Waals surface area contributed by atoms with E-state index in [2.05, 4.69) is 10.6 Å². The largest absolute Gasteiger partial charge is 0.412 e. The van der Waals surface area contributed by atoms with Gasteiger partial charge in [-0.1, -0.05) is 18.2 Å². The van der Waals surface area contributed by atoms with Crippen LogP contribution in [0.25, 0.3) is 0 Å². The summed E-state index contributed by atoms with van der Waals surface area (Å²) in [6, 6.07) is 9.26. The van der Waals surface area contributed by atoms with Crippen molar-refractivity contribution in [3.8, 4) is 5.75 Å². The minimum atomic E-state index is -0.492. The van der Waals surface area contributed by atoms with Crippen LogP contribution in [0, 0.1) is 0 Å². The van der Waals surface area contributed by atoms with Crippen LogP contribution < -0.4 is 15.4 Å². The monoisotopic (exact) mass is 262 g/mol. The third-order valence-electron chi connectivity index (χ3n) is 2.75. The lowest BCUT2D eigenvalue weighted by atomic mass is 10.3. The first-order valence-corrected chi connectivity index (χ1v) is 6.54. The first-order chi connectivity index (χ1) is 9.24. The summed E-state index contributed by atoms with van der Waals surface area (Å²) in [6.45, 7) is 0.434. The normalized spacial score (nSPS) is 13.7. The van der Waals surface area contributed by atoms with Gasteiger partial charge in [0.15, 0.2) is 0 Å². The zero-order valence-corrected chi connectivity index (χ0v) is 10.7. The van der Waals surface area contributed by atoms with E-state index >= 15 is 0 Å². The van der Waals surface area contributed by atoms with Gasteiger partial charge in [0, 0.05) is 19.0 Å². The number of hydrogen-bond acceptors (Lipinski definition) is 3. The summed E-state index contributed by atoms with van der Waals surface area (Å²) in [5, 5.41) is 5.51. The average molecular weight is 262 g/mol. The Kier molecular flexibility index (Phi) is 4.78. The highest BCUT2D eigenvalue weighted by Gasteiger charge is 2.22. The Hall–Kier alpha value is -2.04. The van der Waals surface area contributed by atoms with Gasteiger partial charge in [-0.15, -0.1) is 0 Å². The van der Waals surface area contributed by atoms with Gasteiger partial charge in [-0.2, -0.15) is 0 Å². The van der Waals surface area contributed by atoms with E-state index in [9.17, 15) is 9.59 Å². The minimum absolute atomic E-state index is 0.0562. The third kappa shape index (κ3) is 5.42. The van der Waals surface area contributed by atoms with Gasteiger partial charge < -0.3 is 15.4 Å². The maximum absolute atomic E-state index is 11.4. The summed E-state index contributed by atoms with van der Waals surface area (Å²) in [5.41, 5.74) is 0. The molecule has 0 unspecified atom stereocenters. The van der Waals surface area contributed by atoms with Gasteiger partial charge in [-0.3, -0.25) is 4.79 Å². The van der Waals surface area contributed by atoms with E-state index in [1.54, 1.807) is 24.3 Å². The number of para-hydroxylation sites is 1. The van der Waals surface area contributed by atoms with Crippen LogP contribution in [0.2, 0.25) is 0 Å². The molecule has 5 heteroatoms. The van der Waals surface area contributed by atoms with Crippen LogP contribution in [0.5, 0.6) is 5.75 Å². The molecule has 1 aromatic carbocycles. The quantitative estimate of drug-likeness (QED) is 0.769. The maximum atomic E-state index is 11.4. The number of carbonyl (C=O) groups is 2. The number of amides is 2. The van der Waals surface area contributed by atoms with Crippen LogP contribution in [-0.2, 0) is 4.79 Å². The predicted octanol–water partition coefficient (Wildman–Crippen LogP) is 1.83. The number of hydrogen-bond donors (Lipinski definition) is 2. The summed E-state index contributed by atoms with van der Waals surface area (Å²) in [7, 11) is 0. The SMILES string of the molecule is O=C(CCCNC(=O)Oc1ccccc1)NC1CC1. The Morgan fingerprint density at radius 3 is 2.63 bits per heavy atom. The molecule has 0 aromatic heterocycles. The van der Waals surface area contributed by atoms with Crippen LogP contribution in [0.1, 0.15) is 25.7 Å². The molecule has 0 radical (unpaired) electrons. The van der Waals surface area contributed by atoms with Crippen molar-refractivity contribution in [2.75, 3.05) is 6.54 Å². The zero-order chi connectivity index (χ0) is 13.5. The molecule has 0 saturated heterocycles. The van der Waals surface area contributed by atoms with E-state index in [4.69, 9.17) is 4.74 Å². The fraction of sp³-hybridized carbons (Fsp3) is 0.429. The van der Waals surface area contributed by atoms with Crippen molar-refractivity contribution in [1.29, 1.82) is 0 Å². The highest BCUT2D eigenvalue weighted by Crippen LogP contribution is 2.18. The number of ether oxygens (including phenoxy) is 1. The molecule has 0 atom stereocenters. The Balaban J connectivity index is 1.55. The first kappa shape index (κ1) is 13.4. The lowest BCUT2D eigenvalue weighted by molar-refractivity contribution is -0.121. The van der Waals surface area contributed by atoms with Crippen molar-refractivity contribution in [1.82, 2.24) is 10.6 Å². The summed E-state index contributed by atoms with van der Waals surface area (Å²) < 4.78 is 5.05. The second kappa shape index (κ2) is 6.78. The summed E-state index contributed by atoms with van der Waals surface area (Å²) >= 11 is 0. The Labute approximate surface area is 112 Å². The van der Waals surface area contributed by atoms with Crippen molar-refractivity contribution in [2.24, 2.45) is 0 Å². The molecule has 0 heterocycles. The van der Waals surface area contributed by atoms with Crippen LogP contribution >= 0.6 is 0 Å². The minimum Gasteiger partial charge on any atom is -0.410 e. The van der Waals surface area contributed by atoms with Crippen molar-refractivity contribution >= 4 is 12.0 Å². The molecule has 2 amide bonds. The van der Waals surface area contributed by atoms with Gasteiger partial charge >= 0.3 is 6.09 Å². The van der Waals surface area contributed by atoms with Gasteiger partial charge in [0.2, 0.25) is 5.91 Å². The van der Waals surface area contributed by atoms with Gasteiger partial charge in [0.05, 0.1) is 0 Å². The molecule has 1 aliphatic carbocycles. The van der Waals surface area contributed by atoms with Crippen LogP contribution in [0.15, 0.2) is 30.3 Å². The second-order valence-corrected chi connectivity index (χ2v) is 4.57. The summed E-state index contributed by atoms with van der Waals surface area (Å²) in [4.78, 5) is 22.8. The zero-order valence-electron chi connectivity index (χ0n) is 10.7. The van der Waals surface area contributed by atoms with Gasteiger partial charge in [0.1, 0.15) is 5.75 Å². The van der Waals surface area contributed by atoms with Gasteiger partial charge in [-0.05, 0) is 31.4 Å².